The summed E-state index contributed by atoms with van der Waals surface area (Å²) < 4.78 is 0. The minimum atomic E-state index is -0.283. The molecule has 0 fully saturated rings. The van der Waals surface area contributed by atoms with Gasteiger partial charge < -0.3 is 5.32 Å². The molecule has 0 aliphatic carbocycles. The van der Waals surface area contributed by atoms with Crippen molar-refractivity contribution >= 4 is 5.91 Å². The monoisotopic (exact) mass is 183 g/mol. The van der Waals surface area contributed by atoms with E-state index in [2.05, 4.69) is 39.8 Å². The van der Waals surface area contributed by atoms with Gasteiger partial charge >= 0.3 is 0 Å². The van der Waals surface area contributed by atoms with E-state index in [1.807, 2.05) is 0 Å². The van der Waals surface area contributed by atoms with Gasteiger partial charge in [0, 0.05) is 6.54 Å². The van der Waals surface area contributed by atoms with Crippen LogP contribution in [0.15, 0.2) is 0 Å². The largest absolute Gasteiger partial charge is 0.349 e. The molecule has 0 spiro atoms. The Bertz CT molecular complexity index is 258. The number of carbonyl (C=O) groups is 1. The van der Waals surface area contributed by atoms with E-state index in [0.717, 1.165) is 6.42 Å². The maximum absolute atomic E-state index is 11.2. The van der Waals surface area contributed by atoms with Crippen LogP contribution < -0.4 is 5.32 Å². The lowest BCUT2D eigenvalue weighted by atomic mass is 10.1. The van der Waals surface area contributed by atoms with Crippen molar-refractivity contribution in [3.63, 3.8) is 0 Å². The average molecular weight is 183 g/mol. The maximum Gasteiger partial charge on any atom is 0.292 e. The third kappa shape index (κ3) is 2.81. The zero-order valence-electron chi connectivity index (χ0n) is 7.74. The lowest BCUT2D eigenvalue weighted by Gasteiger charge is -2.07. The summed E-state index contributed by atoms with van der Waals surface area (Å²) in [5.41, 5.74) is 0. The first-order valence-electron chi connectivity index (χ1n) is 4.25. The number of amides is 1. The third-order valence-electron chi connectivity index (χ3n) is 1.86. The molecule has 1 amide bonds. The van der Waals surface area contributed by atoms with Crippen LogP contribution in [0, 0.1) is 5.92 Å². The molecule has 1 aromatic heterocycles. The second kappa shape index (κ2) is 4.54. The van der Waals surface area contributed by atoms with Crippen LogP contribution >= 0.6 is 0 Å². The van der Waals surface area contributed by atoms with E-state index in [1.54, 1.807) is 0 Å². The van der Waals surface area contributed by atoms with Crippen molar-refractivity contribution in [3.05, 3.63) is 5.82 Å². The molecule has 1 unspecified atom stereocenters. The van der Waals surface area contributed by atoms with Gasteiger partial charge in [-0.1, -0.05) is 20.3 Å². The lowest BCUT2D eigenvalue weighted by molar-refractivity contribution is 0.0937. The Hall–Kier alpha value is -1.46. The van der Waals surface area contributed by atoms with Crippen molar-refractivity contribution in [2.75, 3.05) is 6.54 Å². The topological polar surface area (TPSA) is 83.6 Å². The van der Waals surface area contributed by atoms with Gasteiger partial charge in [-0.3, -0.25) is 4.79 Å². The van der Waals surface area contributed by atoms with E-state index >= 15 is 0 Å². The van der Waals surface area contributed by atoms with E-state index in [1.165, 1.54) is 0 Å². The van der Waals surface area contributed by atoms with Gasteiger partial charge in [0.25, 0.3) is 11.7 Å². The molecule has 6 nitrogen and oxygen atoms in total. The van der Waals surface area contributed by atoms with Crippen LogP contribution in [-0.2, 0) is 0 Å². The van der Waals surface area contributed by atoms with Crippen molar-refractivity contribution in [3.8, 4) is 0 Å². The Morgan fingerprint density at radius 1 is 1.69 bits per heavy atom. The van der Waals surface area contributed by atoms with Crippen LogP contribution in [0.4, 0.5) is 0 Å². The summed E-state index contributed by atoms with van der Waals surface area (Å²) >= 11 is 0. The van der Waals surface area contributed by atoms with Crippen LogP contribution in [-0.4, -0.2) is 33.1 Å². The first kappa shape index (κ1) is 9.63. The molecule has 1 aromatic rings. The molecule has 13 heavy (non-hydrogen) atoms. The Morgan fingerprint density at radius 2 is 2.46 bits per heavy atom. The van der Waals surface area contributed by atoms with Crippen molar-refractivity contribution in [2.24, 2.45) is 5.92 Å². The standard InChI is InChI=1S/C7H13N5O/c1-3-5(2)4-8-7(13)6-9-11-12-10-6/h5H,3-4H2,1-2H3,(H,8,13)(H,9,10,11,12). The summed E-state index contributed by atoms with van der Waals surface area (Å²) in [4.78, 5) is 11.2. The molecule has 6 heteroatoms. The van der Waals surface area contributed by atoms with Crippen molar-refractivity contribution < 1.29 is 4.79 Å². The highest BCUT2D eigenvalue weighted by molar-refractivity contribution is 5.89. The van der Waals surface area contributed by atoms with Gasteiger partial charge in [0.05, 0.1) is 0 Å². The number of aromatic nitrogens is 4. The molecule has 0 bridgehead atoms. The first-order valence-corrected chi connectivity index (χ1v) is 4.25. The summed E-state index contributed by atoms with van der Waals surface area (Å²) in [6, 6.07) is 0. The molecule has 0 saturated heterocycles. The number of aromatic amines is 1. The fourth-order valence-electron chi connectivity index (χ4n) is 0.748. The Kier molecular flexibility index (Phi) is 3.36. The molecular formula is C7H13N5O. The molecule has 0 radical (unpaired) electrons. The van der Waals surface area contributed by atoms with Crippen LogP contribution in [0.5, 0.6) is 0 Å². The summed E-state index contributed by atoms with van der Waals surface area (Å²) in [5, 5.41) is 15.3. The minimum Gasteiger partial charge on any atom is -0.349 e. The molecule has 72 valence electrons. The van der Waals surface area contributed by atoms with Crippen molar-refractivity contribution in [2.45, 2.75) is 20.3 Å². The van der Waals surface area contributed by atoms with Gasteiger partial charge in [0.2, 0.25) is 0 Å². The van der Waals surface area contributed by atoms with Gasteiger partial charge in [0.15, 0.2) is 0 Å². The van der Waals surface area contributed by atoms with Crippen LogP contribution in [0.2, 0.25) is 0 Å². The molecule has 1 heterocycles. The Morgan fingerprint density at radius 3 is 3.00 bits per heavy atom. The Balaban J connectivity index is 2.35. The molecule has 1 atom stereocenters. The summed E-state index contributed by atoms with van der Waals surface area (Å²) in [6.07, 6.45) is 1.03. The highest BCUT2D eigenvalue weighted by Gasteiger charge is 2.10. The van der Waals surface area contributed by atoms with Crippen LogP contribution in [0.25, 0.3) is 0 Å². The van der Waals surface area contributed by atoms with Crippen LogP contribution in [0.3, 0.4) is 0 Å². The third-order valence-corrected chi connectivity index (χ3v) is 1.86. The highest BCUT2D eigenvalue weighted by Crippen LogP contribution is 1.97. The summed E-state index contributed by atoms with van der Waals surface area (Å²) in [7, 11) is 0. The average Bonchev–Trinajstić information content (AvgIpc) is 2.66. The minimum absolute atomic E-state index is 0.0864. The predicted molar refractivity (Wildman–Crippen MR) is 46.0 cm³/mol. The zero-order chi connectivity index (χ0) is 9.68. The smallest absolute Gasteiger partial charge is 0.292 e. The van der Waals surface area contributed by atoms with Gasteiger partial charge in [-0.25, -0.2) is 0 Å². The normalized spacial score (nSPS) is 12.5. The predicted octanol–water partition coefficient (Wildman–Crippen LogP) is -0.0244. The molecular weight excluding hydrogens is 170 g/mol. The summed E-state index contributed by atoms with van der Waals surface area (Å²) in [6.45, 7) is 4.78. The molecule has 0 aliphatic rings. The summed E-state index contributed by atoms with van der Waals surface area (Å²) in [5.74, 6) is 0.271. The van der Waals surface area contributed by atoms with E-state index in [0.29, 0.717) is 12.5 Å². The highest BCUT2D eigenvalue weighted by atomic mass is 16.2. The molecule has 2 N–H and O–H groups in total. The molecule has 0 saturated carbocycles. The zero-order valence-corrected chi connectivity index (χ0v) is 7.74. The van der Waals surface area contributed by atoms with Crippen LogP contribution in [0.1, 0.15) is 30.9 Å². The van der Waals surface area contributed by atoms with E-state index < -0.39 is 0 Å². The van der Waals surface area contributed by atoms with Gasteiger partial charge in [-0.15, -0.1) is 10.2 Å². The number of rotatable bonds is 4. The lowest BCUT2D eigenvalue weighted by Crippen LogP contribution is -2.28. The quantitative estimate of drug-likeness (QED) is 0.686. The SMILES string of the molecule is CCC(C)CNC(=O)c1nn[nH]n1. The second-order valence-corrected chi connectivity index (χ2v) is 2.96. The number of carbonyl (C=O) groups excluding carboxylic acids is 1. The molecule has 1 rings (SSSR count). The number of H-pyrrole nitrogens is 1. The van der Waals surface area contributed by atoms with Crippen molar-refractivity contribution in [1.82, 2.24) is 25.9 Å². The number of nitrogens with one attached hydrogen (secondary N) is 2. The molecule has 0 aromatic carbocycles. The number of hydrogen-bond acceptors (Lipinski definition) is 4. The van der Waals surface area contributed by atoms with E-state index in [-0.39, 0.29) is 11.7 Å². The van der Waals surface area contributed by atoms with E-state index in [9.17, 15) is 4.79 Å². The van der Waals surface area contributed by atoms with Gasteiger partial charge in [-0.05, 0) is 11.1 Å². The van der Waals surface area contributed by atoms with E-state index in [4.69, 9.17) is 0 Å². The maximum atomic E-state index is 11.2. The fraction of sp³-hybridized carbons (Fsp3) is 0.714. The molecule has 0 aliphatic heterocycles. The number of tetrazole rings is 1. The fourth-order valence-corrected chi connectivity index (χ4v) is 0.748. The van der Waals surface area contributed by atoms with Gasteiger partial charge in [0.1, 0.15) is 0 Å². The van der Waals surface area contributed by atoms with Crippen molar-refractivity contribution in [1.29, 1.82) is 0 Å². The Labute approximate surface area is 76.1 Å². The first-order chi connectivity index (χ1) is 6.24. The second-order valence-electron chi connectivity index (χ2n) is 2.96. The number of hydrogen-bond donors (Lipinski definition) is 2. The number of nitrogens with zero attached hydrogens (tertiary/aromatic N) is 3. The van der Waals surface area contributed by atoms with Gasteiger partial charge in [-0.2, -0.15) is 5.21 Å².